The summed E-state index contributed by atoms with van der Waals surface area (Å²) >= 11 is 0. The number of benzene rings is 2. The molecule has 2 aromatic carbocycles. The normalized spacial score (nSPS) is 14.8. The van der Waals surface area contributed by atoms with E-state index in [1.807, 2.05) is 0 Å². The summed E-state index contributed by atoms with van der Waals surface area (Å²) in [7, 11) is 0. The van der Waals surface area contributed by atoms with Gasteiger partial charge in [0.05, 0.1) is 23.4 Å². The minimum Gasteiger partial charge on any atom is -0.490 e. The lowest BCUT2D eigenvalue weighted by Crippen LogP contribution is -2.46. The molecule has 0 spiro atoms. The van der Waals surface area contributed by atoms with Gasteiger partial charge in [-0.2, -0.15) is 31.4 Å². The minimum absolute atomic E-state index is 0.0720. The molecule has 0 atom stereocenters. The van der Waals surface area contributed by atoms with Crippen molar-refractivity contribution in [1.82, 2.24) is 20.4 Å². The molecule has 1 aliphatic heterocycles. The standard InChI is InChI=1S/C25H22F6N4O3/c26-24(27,28)15-4-3-5-17(12-15)38-16-8-10-35(11-9-16)22(36)14-32-23(37)21-13-20(33-34-21)18-6-1-2-7-19(18)25(29,30)31/h1-7,12-13,16H,8-11,14H2,(H,32,37)(H,33,34). The number of rotatable bonds is 6. The first-order chi connectivity index (χ1) is 17.9. The molecule has 2 N–H and O–H groups in total. The average Bonchev–Trinajstić information content (AvgIpc) is 3.37. The van der Waals surface area contributed by atoms with Crippen LogP contribution < -0.4 is 10.1 Å². The van der Waals surface area contributed by atoms with Crippen molar-refractivity contribution in [3.05, 3.63) is 71.4 Å². The van der Waals surface area contributed by atoms with E-state index in [1.165, 1.54) is 41.3 Å². The van der Waals surface area contributed by atoms with Crippen LogP contribution in [0.2, 0.25) is 0 Å². The number of carbonyl (C=O) groups is 2. The van der Waals surface area contributed by atoms with Crippen molar-refractivity contribution in [3.63, 3.8) is 0 Å². The molecule has 2 amide bonds. The molecule has 0 bridgehead atoms. The molecule has 1 aromatic heterocycles. The fraction of sp³-hybridized carbons (Fsp3) is 0.320. The third kappa shape index (κ3) is 6.45. The first-order valence-electron chi connectivity index (χ1n) is 11.5. The predicted molar refractivity (Wildman–Crippen MR) is 123 cm³/mol. The molecule has 38 heavy (non-hydrogen) atoms. The topological polar surface area (TPSA) is 87.3 Å². The Morgan fingerprint density at radius 2 is 1.68 bits per heavy atom. The summed E-state index contributed by atoms with van der Waals surface area (Å²) in [6.45, 7) is 0.201. The second-order valence-corrected chi connectivity index (χ2v) is 8.62. The minimum atomic E-state index is -4.60. The Bertz CT molecular complexity index is 1300. The number of halogens is 6. The molecule has 4 rings (SSSR count). The van der Waals surface area contributed by atoms with Crippen LogP contribution >= 0.6 is 0 Å². The van der Waals surface area contributed by atoms with E-state index in [1.54, 1.807) is 0 Å². The van der Waals surface area contributed by atoms with Gasteiger partial charge < -0.3 is 15.0 Å². The van der Waals surface area contributed by atoms with E-state index in [4.69, 9.17) is 4.74 Å². The summed E-state index contributed by atoms with van der Waals surface area (Å²) in [5.41, 5.74) is -2.09. The van der Waals surface area contributed by atoms with Gasteiger partial charge in [0.25, 0.3) is 5.91 Å². The summed E-state index contributed by atoms with van der Waals surface area (Å²) in [5, 5.41) is 8.61. The number of piperidine rings is 1. The van der Waals surface area contributed by atoms with Crippen LogP contribution in [0.3, 0.4) is 0 Å². The zero-order valence-corrected chi connectivity index (χ0v) is 19.7. The van der Waals surface area contributed by atoms with Gasteiger partial charge in [0.15, 0.2) is 0 Å². The largest absolute Gasteiger partial charge is 0.490 e. The number of aromatic nitrogens is 2. The van der Waals surface area contributed by atoms with Gasteiger partial charge in [0.1, 0.15) is 17.5 Å². The Morgan fingerprint density at radius 3 is 2.37 bits per heavy atom. The second-order valence-electron chi connectivity index (χ2n) is 8.62. The zero-order chi connectivity index (χ0) is 27.5. The highest BCUT2D eigenvalue weighted by molar-refractivity contribution is 5.95. The smallest absolute Gasteiger partial charge is 0.417 e. The fourth-order valence-electron chi connectivity index (χ4n) is 4.05. The van der Waals surface area contributed by atoms with E-state index >= 15 is 0 Å². The lowest BCUT2D eigenvalue weighted by molar-refractivity contribution is -0.138. The first kappa shape index (κ1) is 27.0. The second kappa shape index (κ2) is 10.8. The van der Waals surface area contributed by atoms with Crippen LogP contribution in [0.15, 0.2) is 54.6 Å². The monoisotopic (exact) mass is 540 g/mol. The third-order valence-corrected chi connectivity index (χ3v) is 5.99. The highest BCUT2D eigenvalue weighted by Crippen LogP contribution is 2.36. The molecule has 0 radical (unpaired) electrons. The van der Waals surface area contributed by atoms with Gasteiger partial charge >= 0.3 is 12.4 Å². The number of carbonyl (C=O) groups excluding carboxylic acids is 2. The van der Waals surface area contributed by atoms with E-state index in [0.29, 0.717) is 12.8 Å². The number of alkyl halides is 6. The van der Waals surface area contributed by atoms with E-state index in [9.17, 15) is 35.9 Å². The molecule has 1 saturated heterocycles. The lowest BCUT2D eigenvalue weighted by atomic mass is 10.0. The van der Waals surface area contributed by atoms with Crippen molar-refractivity contribution in [2.24, 2.45) is 0 Å². The van der Waals surface area contributed by atoms with Crippen LogP contribution in [0, 0.1) is 0 Å². The number of nitrogens with zero attached hydrogens (tertiary/aromatic N) is 2. The molecule has 0 unspecified atom stereocenters. The van der Waals surface area contributed by atoms with Crippen molar-refractivity contribution >= 4 is 11.8 Å². The number of nitrogens with one attached hydrogen (secondary N) is 2. The summed E-state index contributed by atoms with van der Waals surface area (Å²) in [6, 6.07) is 10.6. The highest BCUT2D eigenvalue weighted by Gasteiger charge is 2.34. The van der Waals surface area contributed by atoms with E-state index in [-0.39, 0.29) is 48.4 Å². The number of ether oxygens (including phenoxy) is 1. The van der Waals surface area contributed by atoms with Crippen molar-refractivity contribution in [2.45, 2.75) is 31.3 Å². The van der Waals surface area contributed by atoms with Crippen molar-refractivity contribution in [3.8, 4) is 17.0 Å². The Hall–Kier alpha value is -4.03. The summed E-state index contributed by atoms with van der Waals surface area (Å²) in [6.07, 6.45) is -8.68. The Morgan fingerprint density at radius 1 is 0.974 bits per heavy atom. The van der Waals surface area contributed by atoms with Gasteiger partial charge in [-0.1, -0.05) is 24.3 Å². The number of hydrogen-bond donors (Lipinski definition) is 2. The maximum atomic E-state index is 13.3. The van der Waals surface area contributed by atoms with Gasteiger partial charge in [-0.3, -0.25) is 14.7 Å². The Kier molecular flexibility index (Phi) is 7.65. The maximum absolute atomic E-state index is 13.3. The van der Waals surface area contributed by atoms with Crippen LogP contribution in [0.1, 0.15) is 34.5 Å². The van der Waals surface area contributed by atoms with Gasteiger partial charge in [-0.25, -0.2) is 0 Å². The number of aromatic amines is 1. The summed E-state index contributed by atoms with van der Waals surface area (Å²) in [4.78, 5) is 26.5. The van der Waals surface area contributed by atoms with E-state index in [2.05, 4.69) is 15.5 Å². The number of hydrogen-bond acceptors (Lipinski definition) is 4. The fourth-order valence-corrected chi connectivity index (χ4v) is 4.05. The molecule has 3 aromatic rings. The lowest BCUT2D eigenvalue weighted by Gasteiger charge is -2.32. The number of H-pyrrole nitrogens is 1. The number of amides is 2. The highest BCUT2D eigenvalue weighted by atomic mass is 19.4. The molecule has 13 heteroatoms. The van der Waals surface area contributed by atoms with Crippen LogP contribution in [-0.2, 0) is 17.1 Å². The molecule has 7 nitrogen and oxygen atoms in total. The average molecular weight is 540 g/mol. The third-order valence-electron chi connectivity index (χ3n) is 5.99. The molecule has 1 aliphatic rings. The molecule has 202 valence electrons. The van der Waals surface area contributed by atoms with E-state index < -0.39 is 35.3 Å². The van der Waals surface area contributed by atoms with Crippen LogP contribution in [0.5, 0.6) is 5.75 Å². The summed E-state index contributed by atoms with van der Waals surface area (Å²) in [5.74, 6) is -1.02. The van der Waals surface area contributed by atoms with Gasteiger partial charge in [0.2, 0.25) is 5.91 Å². The summed E-state index contributed by atoms with van der Waals surface area (Å²) < 4.78 is 84.1. The van der Waals surface area contributed by atoms with Crippen LogP contribution in [-0.4, -0.2) is 52.6 Å². The quantitative estimate of drug-likeness (QED) is 0.435. The Labute approximate surface area is 212 Å². The molecule has 1 fully saturated rings. The predicted octanol–water partition coefficient (Wildman–Crippen LogP) is 4.91. The van der Waals surface area contributed by atoms with Gasteiger partial charge in [-0.05, 0) is 30.3 Å². The first-order valence-corrected chi connectivity index (χ1v) is 11.5. The SMILES string of the molecule is O=C(NCC(=O)N1CCC(Oc2cccc(C(F)(F)F)c2)CC1)c1cc(-c2ccccc2C(F)(F)F)n[nH]1. The Balaban J connectivity index is 1.28. The van der Waals surface area contributed by atoms with Crippen molar-refractivity contribution in [1.29, 1.82) is 0 Å². The molecule has 0 aliphatic carbocycles. The van der Waals surface area contributed by atoms with E-state index in [0.717, 1.165) is 18.2 Å². The van der Waals surface area contributed by atoms with Crippen LogP contribution in [0.4, 0.5) is 26.3 Å². The van der Waals surface area contributed by atoms with Crippen molar-refractivity contribution < 1.29 is 40.7 Å². The van der Waals surface area contributed by atoms with Crippen LogP contribution in [0.25, 0.3) is 11.3 Å². The molecular formula is C25H22F6N4O3. The maximum Gasteiger partial charge on any atom is 0.417 e. The molecular weight excluding hydrogens is 518 g/mol. The molecule has 0 saturated carbocycles. The van der Waals surface area contributed by atoms with Gasteiger partial charge in [0, 0.05) is 31.5 Å². The zero-order valence-electron chi connectivity index (χ0n) is 19.7. The number of likely N-dealkylation sites (tertiary alicyclic amines) is 1. The van der Waals surface area contributed by atoms with Crippen molar-refractivity contribution in [2.75, 3.05) is 19.6 Å². The molecule has 2 heterocycles. The van der Waals surface area contributed by atoms with Gasteiger partial charge in [-0.15, -0.1) is 0 Å².